The van der Waals surface area contributed by atoms with Crippen molar-refractivity contribution in [3.63, 3.8) is 0 Å². The average Bonchev–Trinajstić information content (AvgIpc) is 3.06. The number of hydrogen-bond donors (Lipinski definition) is 1. The zero-order valence-electron chi connectivity index (χ0n) is 12.9. The summed E-state index contributed by atoms with van der Waals surface area (Å²) >= 11 is 1.57. The standard InChI is InChI=1S/C15H25N3O2S/c1-17(2)15(20)9-14-16-12(11-21-14)10-18-7-3-5-13(18)6-4-8-19/h11,13,19H,3-10H2,1-2H3. The lowest BCUT2D eigenvalue weighted by molar-refractivity contribution is -0.127. The van der Waals surface area contributed by atoms with Gasteiger partial charge >= 0.3 is 0 Å². The molecular weight excluding hydrogens is 286 g/mol. The van der Waals surface area contributed by atoms with Gasteiger partial charge in [-0.25, -0.2) is 4.98 Å². The van der Waals surface area contributed by atoms with Crippen LogP contribution in [0.25, 0.3) is 0 Å². The summed E-state index contributed by atoms with van der Waals surface area (Å²) < 4.78 is 0. The van der Waals surface area contributed by atoms with Gasteiger partial charge in [0.25, 0.3) is 0 Å². The third-order valence-electron chi connectivity index (χ3n) is 3.96. The van der Waals surface area contributed by atoms with Crippen molar-refractivity contribution >= 4 is 17.2 Å². The van der Waals surface area contributed by atoms with Gasteiger partial charge in [-0.15, -0.1) is 11.3 Å². The van der Waals surface area contributed by atoms with E-state index in [1.165, 1.54) is 12.8 Å². The first-order valence-electron chi connectivity index (χ1n) is 7.58. The predicted molar refractivity (Wildman–Crippen MR) is 84.3 cm³/mol. The number of hydrogen-bond acceptors (Lipinski definition) is 5. The van der Waals surface area contributed by atoms with Crippen LogP contribution in [0, 0.1) is 0 Å². The number of carbonyl (C=O) groups is 1. The fraction of sp³-hybridized carbons (Fsp3) is 0.733. The molecule has 2 rings (SSSR count). The predicted octanol–water partition coefficient (Wildman–Crippen LogP) is 1.51. The van der Waals surface area contributed by atoms with Crippen LogP contribution in [0.15, 0.2) is 5.38 Å². The Morgan fingerprint density at radius 2 is 2.38 bits per heavy atom. The molecule has 0 spiro atoms. The monoisotopic (exact) mass is 311 g/mol. The van der Waals surface area contributed by atoms with Crippen LogP contribution in [0.3, 0.4) is 0 Å². The number of likely N-dealkylation sites (tertiary alicyclic amines) is 1. The molecule has 0 aromatic carbocycles. The molecule has 1 saturated heterocycles. The van der Waals surface area contributed by atoms with E-state index < -0.39 is 0 Å². The lowest BCUT2D eigenvalue weighted by Crippen LogP contribution is -2.29. The maximum Gasteiger partial charge on any atom is 0.228 e. The Balaban J connectivity index is 1.88. The van der Waals surface area contributed by atoms with E-state index in [0.29, 0.717) is 12.5 Å². The van der Waals surface area contributed by atoms with E-state index in [2.05, 4.69) is 15.3 Å². The van der Waals surface area contributed by atoms with E-state index in [9.17, 15) is 4.79 Å². The Bertz CT molecular complexity index is 462. The maximum atomic E-state index is 11.7. The second kappa shape index (κ2) is 7.87. The van der Waals surface area contributed by atoms with Gasteiger partial charge in [0.2, 0.25) is 5.91 Å². The molecule has 1 aliphatic heterocycles. The van der Waals surface area contributed by atoms with Gasteiger partial charge in [0.05, 0.1) is 12.1 Å². The first kappa shape index (κ1) is 16.4. The number of amides is 1. The third kappa shape index (κ3) is 4.76. The molecular formula is C15H25N3O2S. The quantitative estimate of drug-likeness (QED) is 0.829. The summed E-state index contributed by atoms with van der Waals surface area (Å²) in [7, 11) is 3.54. The minimum Gasteiger partial charge on any atom is -0.396 e. The highest BCUT2D eigenvalue weighted by Crippen LogP contribution is 2.24. The van der Waals surface area contributed by atoms with Gasteiger partial charge in [-0.3, -0.25) is 9.69 Å². The van der Waals surface area contributed by atoms with Gasteiger partial charge in [0.15, 0.2) is 0 Å². The summed E-state index contributed by atoms with van der Waals surface area (Å²) in [5, 5.41) is 11.9. The van der Waals surface area contributed by atoms with Crippen LogP contribution < -0.4 is 0 Å². The molecule has 0 bridgehead atoms. The Kier molecular flexibility index (Phi) is 6.14. The molecule has 6 heteroatoms. The summed E-state index contributed by atoms with van der Waals surface area (Å²) in [5.41, 5.74) is 1.07. The van der Waals surface area contributed by atoms with Crippen molar-refractivity contribution in [1.82, 2.24) is 14.8 Å². The SMILES string of the molecule is CN(C)C(=O)Cc1nc(CN2CCCC2CCCO)cs1. The Morgan fingerprint density at radius 1 is 1.57 bits per heavy atom. The van der Waals surface area contributed by atoms with Crippen LogP contribution in [-0.2, 0) is 17.8 Å². The van der Waals surface area contributed by atoms with Crippen molar-refractivity contribution in [2.75, 3.05) is 27.2 Å². The highest BCUT2D eigenvalue weighted by Gasteiger charge is 2.24. The van der Waals surface area contributed by atoms with E-state index in [1.54, 1.807) is 30.3 Å². The number of rotatable bonds is 7. The number of likely N-dealkylation sites (N-methyl/N-ethyl adjacent to an activating group) is 1. The van der Waals surface area contributed by atoms with Crippen molar-refractivity contribution in [1.29, 1.82) is 0 Å². The van der Waals surface area contributed by atoms with Crippen molar-refractivity contribution in [3.8, 4) is 0 Å². The third-order valence-corrected chi connectivity index (χ3v) is 4.86. The van der Waals surface area contributed by atoms with Crippen LogP contribution in [-0.4, -0.2) is 59.1 Å². The van der Waals surface area contributed by atoms with Crippen molar-refractivity contribution < 1.29 is 9.90 Å². The van der Waals surface area contributed by atoms with E-state index >= 15 is 0 Å². The second-order valence-corrected chi connectivity index (χ2v) is 6.77. The number of carbonyl (C=O) groups excluding carboxylic acids is 1. The maximum absolute atomic E-state index is 11.7. The molecule has 2 heterocycles. The van der Waals surface area contributed by atoms with E-state index in [-0.39, 0.29) is 12.5 Å². The smallest absolute Gasteiger partial charge is 0.228 e. The molecule has 1 unspecified atom stereocenters. The summed E-state index contributed by atoms with van der Waals surface area (Å²) in [6.45, 7) is 2.25. The normalized spacial score (nSPS) is 19.1. The molecule has 21 heavy (non-hydrogen) atoms. The average molecular weight is 311 g/mol. The molecule has 1 fully saturated rings. The number of aliphatic hydroxyl groups excluding tert-OH is 1. The Hall–Kier alpha value is -0.980. The summed E-state index contributed by atoms with van der Waals surface area (Å²) in [6, 6.07) is 0.575. The molecule has 0 aliphatic carbocycles. The number of aromatic nitrogens is 1. The number of nitrogens with zero attached hydrogens (tertiary/aromatic N) is 3. The van der Waals surface area contributed by atoms with Gasteiger partial charge < -0.3 is 10.0 Å². The van der Waals surface area contributed by atoms with Crippen LogP contribution in [0.2, 0.25) is 0 Å². The number of aliphatic hydroxyl groups is 1. The van der Waals surface area contributed by atoms with E-state index in [0.717, 1.165) is 36.6 Å². The van der Waals surface area contributed by atoms with E-state index in [4.69, 9.17) is 5.11 Å². The molecule has 0 radical (unpaired) electrons. The lowest BCUT2D eigenvalue weighted by atomic mass is 10.1. The lowest BCUT2D eigenvalue weighted by Gasteiger charge is -2.23. The van der Waals surface area contributed by atoms with E-state index in [1.807, 2.05) is 0 Å². The summed E-state index contributed by atoms with van der Waals surface area (Å²) in [5.74, 6) is 0.0953. The van der Waals surface area contributed by atoms with Crippen molar-refractivity contribution in [2.45, 2.75) is 44.7 Å². The molecule has 5 nitrogen and oxygen atoms in total. The minimum absolute atomic E-state index is 0.0953. The Labute approximate surface area is 130 Å². The number of thiazole rings is 1. The Morgan fingerprint density at radius 3 is 3.10 bits per heavy atom. The molecule has 1 aromatic rings. The summed E-state index contributed by atoms with van der Waals surface area (Å²) in [6.07, 6.45) is 4.78. The molecule has 0 saturated carbocycles. The second-order valence-electron chi connectivity index (χ2n) is 5.83. The van der Waals surface area contributed by atoms with Gasteiger partial charge in [0.1, 0.15) is 5.01 Å². The summed E-state index contributed by atoms with van der Waals surface area (Å²) in [4.78, 5) is 20.3. The van der Waals surface area contributed by atoms with Gasteiger partial charge in [0, 0.05) is 38.7 Å². The molecule has 1 amide bonds. The molecule has 1 aliphatic rings. The molecule has 1 aromatic heterocycles. The first-order chi connectivity index (χ1) is 10.1. The molecule has 1 N–H and O–H groups in total. The van der Waals surface area contributed by atoms with Crippen LogP contribution >= 0.6 is 11.3 Å². The van der Waals surface area contributed by atoms with Crippen LogP contribution in [0.1, 0.15) is 36.4 Å². The fourth-order valence-electron chi connectivity index (χ4n) is 2.76. The van der Waals surface area contributed by atoms with Crippen molar-refractivity contribution in [2.24, 2.45) is 0 Å². The zero-order chi connectivity index (χ0) is 15.2. The van der Waals surface area contributed by atoms with Crippen molar-refractivity contribution in [3.05, 3.63) is 16.1 Å². The van der Waals surface area contributed by atoms with Crippen LogP contribution in [0.4, 0.5) is 0 Å². The topological polar surface area (TPSA) is 56.7 Å². The largest absolute Gasteiger partial charge is 0.396 e. The first-order valence-corrected chi connectivity index (χ1v) is 8.46. The highest BCUT2D eigenvalue weighted by molar-refractivity contribution is 7.09. The highest BCUT2D eigenvalue weighted by atomic mass is 32.1. The minimum atomic E-state index is 0.0953. The van der Waals surface area contributed by atoms with Gasteiger partial charge in [-0.1, -0.05) is 0 Å². The zero-order valence-corrected chi connectivity index (χ0v) is 13.7. The molecule has 1 atom stereocenters. The fourth-order valence-corrected chi connectivity index (χ4v) is 3.53. The van der Waals surface area contributed by atoms with Gasteiger partial charge in [-0.05, 0) is 32.2 Å². The van der Waals surface area contributed by atoms with Gasteiger partial charge in [-0.2, -0.15) is 0 Å². The molecule has 118 valence electrons. The van der Waals surface area contributed by atoms with Crippen LogP contribution in [0.5, 0.6) is 0 Å².